The Hall–Kier alpha value is -3.02. The Balaban J connectivity index is 3.37. The summed E-state index contributed by atoms with van der Waals surface area (Å²) in [6.45, 7) is 3.27. The molecule has 0 saturated carbocycles. The Morgan fingerprint density at radius 3 is 2.71 bits per heavy atom. The van der Waals surface area contributed by atoms with Crippen LogP contribution in [0.2, 0.25) is 0 Å². The maximum atomic E-state index is 12.6. The van der Waals surface area contributed by atoms with Gasteiger partial charge in [0.1, 0.15) is 0 Å². The van der Waals surface area contributed by atoms with Gasteiger partial charge in [0.05, 0.1) is 0 Å². The van der Waals surface area contributed by atoms with Crippen molar-refractivity contribution < 1.29 is 22.6 Å². The summed E-state index contributed by atoms with van der Waals surface area (Å²) in [4.78, 5) is 14.6. The Morgan fingerprint density at radius 1 is 1.54 bits per heavy atom. The smallest absolute Gasteiger partial charge is 0.424 e. The van der Waals surface area contributed by atoms with Crippen LogP contribution in [0.25, 0.3) is 0 Å². The molecule has 0 atom stereocenters. The first-order chi connectivity index (χ1) is 11.2. The van der Waals surface area contributed by atoms with Crippen molar-refractivity contribution in [1.82, 2.24) is 4.98 Å². The summed E-state index contributed by atoms with van der Waals surface area (Å²) in [6.07, 6.45) is 2.66. The largest absolute Gasteiger partial charge is 0.573 e. The lowest BCUT2D eigenvalue weighted by Gasteiger charge is -2.13. The summed E-state index contributed by atoms with van der Waals surface area (Å²) in [5.41, 5.74) is 5.99. The van der Waals surface area contributed by atoms with Crippen LogP contribution in [0.1, 0.15) is 18.9 Å². The number of nitrogens with zero attached hydrogens (tertiary/aromatic N) is 2. The molecule has 0 aromatic carbocycles. The summed E-state index contributed by atoms with van der Waals surface area (Å²) in [7, 11) is 0. The summed E-state index contributed by atoms with van der Waals surface area (Å²) < 4.78 is 46.6. The van der Waals surface area contributed by atoms with Gasteiger partial charge in [-0.1, -0.05) is 6.92 Å². The molecule has 128 valence electrons. The van der Waals surface area contributed by atoms with Crippen LogP contribution in [0.3, 0.4) is 0 Å². The van der Waals surface area contributed by atoms with Crippen molar-refractivity contribution in [3.05, 3.63) is 46.0 Å². The van der Waals surface area contributed by atoms with Crippen molar-refractivity contribution in [3.8, 4) is 18.2 Å². The van der Waals surface area contributed by atoms with E-state index in [2.05, 4.69) is 14.9 Å². The molecule has 9 heteroatoms. The lowest BCUT2D eigenvalue weighted by atomic mass is 10.2. The second-order valence-corrected chi connectivity index (χ2v) is 4.49. The van der Waals surface area contributed by atoms with E-state index in [9.17, 15) is 18.1 Å². The zero-order chi connectivity index (χ0) is 18.3. The van der Waals surface area contributed by atoms with Gasteiger partial charge in [-0.2, -0.15) is 0 Å². The van der Waals surface area contributed by atoms with Gasteiger partial charge in [-0.05, 0) is 36.1 Å². The highest BCUT2D eigenvalue weighted by molar-refractivity contribution is 5.50. The summed E-state index contributed by atoms with van der Waals surface area (Å²) >= 11 is 0. The molecule has 0 amide bonds. The van der Waals surface area contributed by atoms with Gasteiger partial charge in [0.2, 0.25) is 11.6 Å². The molecule has 2 N–H and O–H groups in total. The van der Waals surface area contributed by atoms with Crippen LogP contribution < -0.4 is 10.5 Å². The third-order valence-electron chi connectivity index (χ3n) is 2.57. The molecule has 0 bridgehead atoms. The Bertz CT molecular complexity index is 719. The average Bonchev–Trinajstić information content (AvgIpc) is 2.51. The maximum absolute atomic E-state index is 12.6. The highest BCUT2D eigenvalue weighted by atomic mass is 19.4. The number of halogens is 3. The van der Waals surface area contributed by atoms with Gasteiger partial charge in [0.15, 0.2) is 11.4 Å². The molecule has 6 nitrogen and oxygen atoms in total. The second kappa shape index (κ2) is 8.01. The van der Waals surface area contributed by atoms with E-state index >= 15 is 0 Å². The minimum atomic E-state index is -5.02. The third-order valence-corrected chi connectivity index (χ3v) is 2.57. The third kappa shape index (κ3) is 5.64. The van der Waals surface area contributed by atoms with E-state index in [0.717, 1.165) is 6.08 Å². The molecule has 0 spiro atoms. The van der Waals surface area contributed by atoms with Gasteiger partial charge in [0.25, 0.3) is 0 Å². The highest BCUT2D eigenvalue weighted by Gasteiger charge is 2.33. The van der Waals surface area contributed by atoms with E-state index in [4.69, 9.17) is 16.9 Å². The van der Waals surface area contributed by atoms with Gasteiger partial charge in [0, 0.05) is 18.0 Å². The minimum Gasteiger partial charge on any atom is -0.424 e. The number of aryl methyl sites for hydroxylation is 1. The van der Waals surface area contributed by atoms with Crippen LogP contribution in [-0.4, -0.2) is 11.3 Å². The predicted octanol–water partition coefficient (Wildman–Crippen LogP) is 3.80. The number of alkyl halides is 3. The standard InChI is InChI=1S/C15H14F3N3O3/c1-4-10(19)7-13(24-15(16,17)18)12(5-2)23-14-11(21-22)6-9(3)8-20-14/h2,6-8H,4,19H2,1,3H3/b10-7+,13-12-. The van der Waals surface area contributed by atoms with Gasteiger partial charge in [-0.15, -0.1) is 24.5 Å². The van der Waals surface area contributed by atoms with Crippen LogP contribution in [0.15, 0.2) is 40.7 Å². The minimum absolute atomic E-state index is 0.0798. The van der Waals surface area contributed by atoms with E-state index in [1.54, 1.807) is 13.8 Å². The van der Waals surface area contributed by atoms with E-state index in [1.165, 1.54) is 12.3 Å². The normalized spacial score (nSPS) is 12.9. The molecule has 1 aromatic heterocycles. The maximum Gasteiger partial charge on any atom is 0.573 e. The van der Waals surface area contributed by atoms with E-state index < -0.39 is 17.9 Å². The molecule has 24 heavy (non-hydrogen) atoms. The van der Waals surface area contributed by atoms with Gasteiger partial charge < -0.3 is 15.2 Å². The lowest BCUT2D eigenvalue weighted by molar-refractivity contribution is -0.304. The molecule has 0 aliphatic heterocycles. The molecule has 0 unspecified atom stereocenters. The molecule has 0 radical (unpaired) electrons. The van der Waals surface area contributed by atoms with Crippen LogP contribution in [-0.2, 0) is 4.74 Å². The molecule has 0 aliphatic rings. The molecule has 0 saturated heterocycles. The fourth-order valence-electron chi connectivity index (χ4n) is 1.47. The molecular formula is C15H14F3N3O3. The van der Waals surface area contributed by atoms with Crippen molar-refractivity contribution in [2.24, 2.45) is 10.9 Å². The second-order valence-electron chi connectivity index (χ2n) is 4.49. The number of terminal acetylenes is 1. The predicted molar refractivity (Wildman–Crippen MR) is 80.6 cm³/mol. The molecular weight excluding hydrogens is 327 g/mol. The van der Waals surface area contributed by atoms with Crippen LogP contribution in [0, 0.1) is 24.2 Å². The first-order valence-electron chi connectivity index (χ1n) is 6.60. The number of ether oxygens (including phenoxy) is 2. The molecule has 0 fully saturated rings. The number of pyridine rings is 1. The zero-order valence-electron chi connectivity index (χ0n) is 12.8. The number of allylic oxidation sites excluding steroid dienone is 3. The van der Waals surface area contributed by atoms with Crippen molar-refractivity contribution in [1.29, 1.82) is 0 Å². The Morgan fingerprint density at radius 2 is 2.21 bits per heavy atom. The molecule has 1 heterocycles. The number of hydrogen-bond acceptors (Lipinski definition) is 6. The van der Waals surface area contributed by atoms with E-state index in [0.29, 0.717) is 5.56 Å². The van der Waals surface area contributed by atoms with Crippen molar-refractivity contribution in [2.45, 2.75) is 26.6 Å². The number of rotatable bonds is 6. The van der Waals surface area contributed by atoms with Crippen molar-refractivity contribution in [2.75, 3.05) is 0 Å². The van der Waals surface area contributed by atoms with Gasteiger partial charge >= 0.3 is 6.36 Å². The average molecular weight is 341 g/mol. The highest BCUT2D eigenvalue weighted by Crippen LogP contribution is 2.29. The topological polar surface area (TPSA) is 86.8 Å². The van der Waals surface area contributed by atoms with E-state index in [-0.39, 0.29) is 23.7 Å². The van der Waals surface area contributed by atoms with Crippen LogP contribution in [0.4, 0.5) is 18.9 Å². The lowest BCUT2D eigenvalue weighted by Crippen LogP contribution is -2.15. The van der Waals surface area contributed by atoms with Crippen LogP contribution in [0.5, 0.6) is 5.88 Å². The van der Waals surface area contributed by atoms with Crippen molar-refractivity contribution >= 4 is 5.69 Å². The molecule has 0 aliphatic carbocycles. The fraction of sp³-hybridized carbons (Fsp3) is 0.267. The SMILES string of the molecule is C#C/C(Oc1ncc(C)cc1N=O)=C(\C=C(\N)CC)OC(F)(F)F. The monoisotopic (exact) mass is 341 g/mol. The number of nitrogens with two attached hydrogens (primary N) is 1. The van der Waals surface area contributed by atoms with Crippen LogP contribution >= 0.6 is 0 Å². The Kier molecular flexibility index (Phi) is 6.35. The summed E-state index contributed by atoms with van der Waals surface area (Å²) in [6, 6.07) is 1.34. The quantitative estimate of drug-likeness (QED) is 0.368. The number of nitroso groups, excluding NO2 is 1. The zero-order valence-corrected chi connectivity index (χ0v) is 12.8. The van der Waals surface area contributed by atoms with E-state index in [1.807, 2.05) is 5.92 Å². The molecule has 1 rings (SSSR count). The number of hydrogen-bond donors (Lipinski definition) is 1. The Labute approximate surface area is 136 Å². The summed E-state index contributed by atoms with van der Waals surface area (Å²) in [5.74, 6) is 0.0874. The number of aromatic nitrogens is 1. The van der Waals surface area contributed by atoms with Gasteiger partial charge in [-0.3, -0.25) is 0 Å². The van der Waals surface area contributed by atoms with Crippen molar-refractivity contribution in [3.63, 3.8) is 0 Å². The van der Waals surface area contributed by atoms with Gasteiger partial charge in [-0.25, -0.2) is 4.98 Å². The fourth-order valence-corrected chi connectivity index (χ4v) is 1.47. The first-order valence-corrected chi connectivity index (χ1v) is 6.60. The first kappa shape index (κ1) is 19.0. The molecule has 1 aromatic rings. The summed E-state index contributed by atoms with van der Waals surface area (Å²) in [5, 5.41) is 2.70.